The van der Waals surface area contributed by atoms with Gasteiger partial charge in [0.05, 0.1) is 18.4 Å². The minimum absolute atomic E-state index is 0.0886. The first-order valence-corrected chi connectivity index (χ1v) is 7.02. The number of rotatable bonds is 3. The molecule has 0 aliphatic heterocycles. The molecule has 7 nitrogen and oxygen atoms in total. The third-order valence-corrected chi connectivity index (χ3v) is 3.49. The molecule has 0 radical (unpaired) electrons. The molecule has 0 aliphatic rings. The zero-order valence-electron chi connectivity index (χ0n) is 12.8. The van der Waals surface area contributed by atoms with Gasteiger partial charge in [0.25, 0.3) is 0 Å². The maximum absolute atomic E-state index is 12.1. The Morgan fingerprint density at radius 3 is 2.71 bits per heavy atom. The van der Waals surface area contributed by atoms with E-state index in [1.165, 1.54) is 17.9 Å². The lowest BCUT2D eigenvalue weighted by atomic mass is 10.2. The summed E-state index contributed by atoms with van der Waals surface area (Å²) in [7, 11) is 1.26. The number of nitrogens with two attached hydrogens (primary N) is 1. The van der Waals surface area contributed by atoms with Gasteiger partial charge in [-0.25, -0.2) is 14.8 Å². The summed E-state index contributed by atoms with van der Waals surface area (Å²) in [5.74, 6) is -0.0602. The fourth-order valence-electron chi connectivity index (χ4n) is 2.36. The van der Waals surface area contributed by atoms with Gasteiger partial charge >= 0.3 is 5.97 Å². The number of esters is 1. The fourth-order valence-corrected chi connectivity index (χ4v) is 2.36. The second kappa shape index (κ2) is 6.22. The number of nitrogens with zero attached hydrogens (tertiary/aromatic N) is 4. The van der Waals surface area contributed by atoms with Crippen LogP contribution in [0.15, 0.2) is 48.9 Å². The van der Waals surface area contributed by atoms with Gasteiger partial charge in [0.2, 0.25) is 0 Å². The summed E-state index contributed by atoms with van der Waals surface area (Å²) in [6, 6.07) is 11.0. The van der Waals surface area contributed by atoms with E-state index in [9.17, 15) is 10.1 Å². The quantitative estimate of drug-likeness (QED) is 0.741. The first-order valence-electron chi connectivity index (χ1n) is 7.02. The highest BCUT2D eigenvalue weighted by atomic mass is 16.5. The molecule has 7 heteroatoms. The average Bonchev–Trinajstić information content (AvgIpc) is 2.98. The summed E-state index contributed by atoms with van der Waals surface area (Å²) >= 11 is 0. The zero-order chi connectivity index (χ0) is 17.1. The molecule has 0 aliphatic carbocycles. The molecule has 0 spiro atoms. The molecular formula is C17H13N5O2. The zero-order valence-corrected chi connectivity index (χ0v) is 12.8. The number of nitrogen functional groups attached to an aromatic ring is 1. The van der Waals surface area contributed by atoms with Crippen molar-refractivity contribution in [3.05, 3.63) is 60.2 Å². The number of methoxy groups -OCH3 is 1. The number of hydrogen-bond donors (Lipinski definition) is 1. The molecule has 0 amide bonds. The first kappa shape index (κ1) is 15.2. The van der Waals surface area contributed by atoms with Crippen molar-refractivity contribution in [3.8, 4) is 23.1 Å². The Morgan fingerprint density at radius 2 is 2.04 bits per heavy atom. The molecule has 2 N–H and O–H groups in total. The van der Waals surface area contributed by atoms with Gasteiger partial charge in [-0.3, -0.25) is 0 Å². The maximum Gasteiger partial charge on any atom is 0.357 e. The molecule has 0 unspecified atom stereocenters. The van der Waals surface area contributed by atoms with Crippen LogP contribution in [-0.4, -0.2) is 27.6 Å². The summed E-state index contributed by atoms with van der Waals surface area (Å²) in [6.07, 6.45) is 4.80. The number of ether oxygens (including phenoxy) is 1. The highest BCUT2D eigenvalue weighted by Crippen LogP contribution is 2.26. The molecule has 0 bridgehead atoms. The second-order valence-corrected chi connectivity index (χ2v) is 4.90. The van der Waals surface area contributed by atoms with E-state index in [0.717, 1.165) is 5.56 Å². The number of benzene rings is 1. The number of anilines is 1. The number of carbonyl (C=O) groups excluding carboxylic acids is 1. The van der Waals surface area contributed by atoms with E-state index < -0.39 is 5.97 Å². The molecule has 2 aromatic heterocycles. The van der Waals surface area contributed by atoms with Crippen LogP contribution in [0.3, 0.4) is 0 Å². The molecule has 3 rings (SSSR count). The number of carbonyl (C=O) groups is 1. The van der Waals surface area contributed by atoms with E-state index in [0.29, 0.717) is 11.5 Å². The van der Waals surface area contributed by atoms with Crippen LogP contribution in [0, 0.1) is 11.3 Å². The predicted molar refractivity (Wildman–Crippen MR) is 87.3 cm³/mol. The van der Waals surface area contributed by atoms with Gasteiger partial charge in [0, 0.05) is 29.8 Å². The van der Waals surface area contributed by atoms with Crippen molar-refractivity contribution in [1.29, 1.82) is 5.26 Å². The van der Waals surface area contributed by atoms with Crippen molar-refractivity contribution in [3.63, 3.8) is 0 Å². The normalized spacial score (nSPS) is 10.2. The van der Waals surface area contributed by atoms with Crippen LogP contribution in [-0.2, 0) is 4.74 Å². The van der Waals surface area contributed by atoms with Gasteiger partial charge in [-0.1, -0.05) is 12.1 Å². The van der Waals surface area contributed by atoms with E-state index in [2.05, 4.69) is 9.97 Å². The highest BCUT2D eigenvalue weighted by molar-refractivity contribution is 5.96. The Bertz CT molecular complexity index is 941. The molecule has 24 heavy (non-hydrogen) atoms. The molecule has 3 aromatic rings. The van der Waals surface area contributed by atoms with Crippen molar-refractivity contribution in [2.45, 2.75) is 0 Å². The third-order valence-electron chi connectivity index (χ3n) is 3.49. The van der Waals surface area contributed by atoms with Crippen LogP contribution in [0.1, 0.15) is 16.1 Å². The molecule has 0 atom stereocenters. The van der Waals surface area contributed by atoms with Gasteiger partial charge in [-0.05, 0) is 18.2 Å². The predicted octanol–water partition coefficient (Wildman–Crippen LogP) is 2.17. The van der Waals surface area contributed by atoms with Crippen molar-refractivity contribution < 1.29 is 9.53 Å². The molecular weight excluding hydrogens is 306 g/mol. The van der Waals surface area contributed by atoms with E-state index >= 15 is 0 Å². The largest absolute Gasteiger partial charge is 0.464 e. The number of aromatic nitrogens is 3. The molecule has 0 fully saturated rings. The van der Waals surface area contributed by atoms with Crippen molar-refractivity contribution in [1.82, 2.24) is 14.5 Å². The number of nitriles is 1. The minimum atomic E-state index is -0.615. The maximum atomic E-state index is 12.1. The van der Waals surface area contributed by atoms with Crippen LogP contribution in [0.25, 0.3) is 17.1 Å². The first-order chi connectivity index (χ1) is 11.7. The molecule has 2 heterocycles. The third kappa shape index (κ3) is 2.57. The van der Waals surface area contributed by atoms with E-state index in [4.69, 9.17) is 10.5 Å². The number of hydrogen-bond acceptors (Lipinski definition) is 6. The van der Waals surface area contributed by atoms with E-state index in [-0.39, 0.29) is 16.9 Å². The second-order valence-electron chi connectivity index (χ2n) is 4.90. The van der Waals surface area contributed by atoms with Crippen LogP contribution >= 0.6 is 0 Å². The topological polar surface area (TPSA) is 107 Å². The summed E-state index contributed by atoms with van der Waals surface area (Å²) in [6.45, 7) is 0. The lowest BCUT2D eigenvalue weighted by Crippen LogP contribution is -2.11. The van der Waals surface area contributed by atoms with Crippen LogP contribution in [0.5, 0.6) is 0 Å². The summed E-state index contributed by atoms with van der Waals surface area (Å²) in [4.78, 5) is 20.5. The molecule has 1 aromatic carbocycles. The molecule has 118 valence electrons. The Morgan fingerprint density at radius 1 is 1.29 bits per heavy atom. The average molecular weight is 319 g/mol. The SMILES string of the molecule is COC(=O)c1c(N)c(C#N)cn1-c1cccc(-c2ncccn2)c1. The lowest BCUT2D eigenvalue weighted by molar-refractivity contribution is 0.0593. The van der Waals surface area contributed by atoms with Gasteiger partial charge in [-0.2, -0.15) is 5.26 Å². The van der Waals surface area contributed by atoms with Crippen molar-refractivity contribution >= 4 is 11.7 Å². The smallest absolute Gasteiger partial charge is 0.357 e. The Kier molecular flexibility index (Phi) is 3.95. The van der Waals surface area contributed by atoms with Crippen LogP contribution in [0.4, 0.5) is 5.69 Å². The molecule has 0 saturated heterocycles. The van der Waals surface area contributed by atoms with Crippen molar-refractivity contribution in [2.24, 2.45) is 0 Å². The Labute approximate surface area is 138 Å². The Hall–Kier alpha value is -3.66. The van der Waals surface area contributed by atoms with Gasteiger partial charge in [0.1, 0.15) is 6.07 Å². The van der Waals surface area contributed by atoms with Crippen molar-refractivity contribution in [2.75, 3.05) is 12.8 Å². The monoisotopic (exact) mass is 319 g/mol. The summed E-state index contributed by atoms with van der Waals surface area (Å²) < 4.78 is 6.31. The van der Waals surface area contributed by atoms with Gasteiger partial charge in [0.15, 0.2) is 11.5 Å². The standard InChI is InChI=1S/C17H13N5O2/c1-24-17(23)15-14(19)12(9-18)10-22(15)13-5-2-4-11(8-13)16-20-6-3-7-21-16/h2-8,10H,19H2,1H3. The Balaban J connectivity index is 2.17. The van der Waals surface area contributed by atoms with E-state index in [1.807, 2.05) is 24.3 Å². The van der Waals surface area contributed by atoms with Gasteiger partial charge in [-0.15, -0.1) is 0 Å². The highest BCUT2D eigenvalue weighted by Gasteiger charge is 2.21. The lowest BCUT2D eigenvalue weighted by Gasteiger charge is -2.09. The van der Waals surface area contributed by atoms with Crippen LogP contribution < -0.4 is 5.73 Å². The fraction of sp³-hybridized carbons (Fsp3) is 0.0588. The van der Waals surface area contributed by atoms with Gasteiger partial charge < -0.3 is 15.0 Å². The summed E-state index contributed by atoms with van der Waals surface area (Å²) in [5, 5.41) is 9.17. The minimum Gasteiger partial charge on any atom is -0.464 e. The van der Waals surface area contributed by atoms with Crippen LogP contribution in [0.2, 0.25) is 0 Å². The van der Waals surface area contributed by atoms with E-state index in [1.54, 1.807) is 24.5 Å². The molecule has 0 saturated carbocycles. The summed E-state index contributed by atoms with van der Waals surface area (Å²) in [5.41, 5.74) is 7.73.